The van der Waals surface area contributed by atoms with Gasteiger partial charge in [0, 0.05) is 24.2 Å². The Morgan fingerprint density at radius 1 is 1.10 bits per heavy atom. The Labute approximate surface area is 190 Å². The van der Waals surface area contributed by atoms with Crippen molar-refractivity contribution in [2.24, 2.45) is 0 Å². The van der Waals surface area contributed by atoms with Gasteiger partial charge in [-0.2, -0.15) is 0 Å². The Balaban J connectivity index is 1.83. The molecular formula is C24H36N4O2S. The zero-order valence-electron chi connectivity index (χ0n) is 19.7. The Morgan fingerprint density at radius 3 is 2.32 bits per heavy atom. The fraction of sp³-hybridized carbons (Fsp3) is 0.625. The van der Waals surface area contributed by atoms with Gasteiger partial charge in [-0.1, -0.05) is 23.9 Å². The van der Waals surface area contributed by atoms with E-state index < -0.39 is 0 Å². The molecule has 0 unspecified atom stereocenters. The second-order valence-electron chi connectivity index (χ2n) is 9.18. The molecule has 2 atom stereocenters. The number of benzene rings is 1. The molecule has 0 aliphatic carbocycles. The van der Waals surface area contributed by atoms with Crippen LogP contribution in [-0.2, 0) is 16.1 Å². The van der Waals surface area contributed by atoms with Gasteiger partial charge in [-0.15, -0.1) is 0 Å². The van der Waals surface area contributed by atoms with E-state index in [2.05, 4.69) is 13.8 Å². The number of hydrogen-bond acceptors (Lipinski definition) is 4. The molecule has 1 aromatic carbocycles. The molecule has 1 aromatic heterocycles. The maximum Gasteiger partial charge on any atom is 0.243 e. The zero-order valence-corrected chi connectivity index (χ0v) is 20.5. The van der Waals surface area contributed by atoms with Crippen LogP contribution in [0.3, 0.4) is 0 Å². The molecule has 1 fully saturated rings. The molecule has 6 nitrogen and oxygen atoms in total. The van der Waals surface area contributed by atoms with Crippen molar-refractivity contribution < 1.29 is 9.59 Å². The topological polar surface area (TPSA) is 58.4 Å². The standard InChI is InChI=1S/C24H36N4O2S/c1-16(2)27(17(3)4)23(30)15-31-24-25-20-12-7-8-13-21(20)26(24)14-22(29)28-18(5)10-9-11-19(28)6/h7-8,12-13,16-19H,9-11,14-15H2,1-6H3/t18-,19-/m0/s1. The Kier molecular flexibility index (Phi) is 7.68. The molecule has 2 amide bonds. The molecular weight excluding hydrogens is 408 g/mol. The molecule has 3 rings (SSSR count). The van der Waals surface area contributed by atoms with Crippen LogP contribution in [0.4, 0.5) is 0 Å². The summed E-state index contributed by atoms with van der Waals surface area (Å²) >= 11 is 1.42. The summed E-state index contributed by atoms with van der Waals surface area (Å²) in [6.07, 6.45) is 3.28. The first-order chi connectivity index (χ1) is 14.7. The maximum atomic E-state index is 13.3. The van der Waals surface area contributed by atoms with Gasteiger partial charge in [0.1, 0.15) is 6.54 Å². The molecule has 2 aromatic rings. The van der Waals surface area contributed by atoms with E-state index >= 15 is 0 Å². The van der Waals surface area contributed by atoms with Crippen molar-refractivity contribution in [1.29, 1.82) is 0 Å². The maximum absolute atomic E-state index is 13.3. The van der Waals surface area contributed by atoms with Crippen molar-refractivity contribution in [2.45, 2.75) is 96.7 Å². The van der Waals surface area contributed by atoms with E-state index in [0.29, 0.717) is 5.75 Å². The van der Waals surface area contributed by atoms with E-state index in [0.717, 1.165) is 29.0 Å². The van der Waals surface area contributed by atoms with Gasteiger partial charge in [0.25, 0.3) is 0 Å². The third kappa shape index (κ3) is 5.25. The van der Waals surface area contributed by atoms with E-state index in [4.69, 9.17) is 4.98 Å². The van der Waals surface area contributed by atoms with Crippen molar-refractivity contribution in [3.05, 3.63) is 24.3 Å². The van der Waals surface area contributed by atoms with Gasteiger partial charge < -0.3 is 14.4 Å². The first kappa shape index (κ1) is 23.6. The quantitative estimate of drug-likeness (QED) is 0.587. The SMILES string of the molecule is CC(C)N(C(=O)CSc1nc2ccccc2n1CC(=O)N1[C@@H](C)CCC[C@@H]1C)C(C)C. The number of aromatic nitrogens is 2. The normalized spacial score (nSPS) is 19.4. The molecule has 1 saturated heterocycles. The van der Waals surface area contributed by atoms with Gasteiger partial charge in [0.15, 0.2) is 5.16 Å². The van der Waals surface area contributed by atoms with Crippen LogP contribution < -0.4 is 0 Å². The Bertz CT molecular complexity index is 905. The van der Waals surface area contributed by atoms with Gasteiger partial charge in [-0.3, -0.25) is 9.59 Å². The van der Waals surface area contributed by atoms with E-state index in [9.17, 15) is 9.59 Å². The highest BCUT2D eigenvalue weighted by molar-refractivity contribution is 7.99. The molecule has 31 heavy (non-hydrogen) atoms. The summed E-state index contributed by atoms with van der Waals surface area (Å²) in [4.78, 5) is 34.9. The molecule has 1 aliphatic rings. The largest absolute Gasteiger partial charge is 0.337 e. The van der Waals surface area contributed by atoms with Crippen LogP contribution in [0.1, 0.15) is 60.8 Å². The smallest absolute Gasteiger partial charge is 0.243 e. The van der Waals surface area contributed by atoms with E-state index in [1.165, 1.54) is 18.2 Å². The van der Waals surface area contributed by atoms with Gasteiger partial charge >= 0.3 is 0 Å². The van der Waals surface area contributed by atoms with Crippen LogP contribution in [0, 0.1) is 0 Å². The lowest BCUT2D eigenvalue weighted by Crippen LogP contribution is -2.48. The zero-order chi connectivity index (χ0) is 22.7. The number of likely N-dealkylation sites (tertiary alicyclic amines) is 1. The van der Waals surface area contributed by atoms with Crippen molar-refractivity contribution in [3.8, 4) is 0 Å². The first-order valence-corrected chi connectivity index (χ1v) is 12.4. The lowest BCUT2D eigenvalue weighted by molar-refractivity contribution is -0.138. The highest BCUT2D eigenvalue weighted by Gasteiger charge is 2.30. The highest BCUT2D eigenvalue weighted by atomic mass is 32.2. The minimum atomic E-state index is 0.0956. The number of carbonyl (C=O) groups excluding carboxylic acids is 2. The molecule has 0 radical (unpaired) electrons. The number of carbonyl (C=O) groups is 2. The van der Waals surface area contributed by atoms with E-state index in [1.54, 1.807) is 0 Å². The van der Waals surface area contributed by atoms with Crippen molar-refractivity contribution in [3.63, 3.8) is 0 Å². The minimum Gasteiger partial charge on any atom is -0.337 e. The van der Waals surface area contributed by atoms with Gasteiger partial charge in [-0.25, -0.2) is 4.98 Å². The lowest BCUT2D eigenvalue weighted by atomic mass is 9.97. The van der Waals surface area contributed by atoms with Crippen LogP contribution >= 0.6 is 11.8 Å². The average Bonchev–Trinajstić information content (AvgIpc) is 3.03. The number of hydrogen-bond donors (Lipinski definition) is 0. The molecule has 2 heterocycles. The number of piperidine rings is 1. The predicted octanol–water partition coefficient (Wildman–Crippen LogP) is 4.56. The summed E-state index contributed by atoms with van der Waals surface area (Å²) < 4.78 is 1.98. The van der Waals surface area contributed by atoms with E-state index in [-0.39, 0.29) is 42.5 Å². The van der Waals surface area contributed by atoms with Crippen LogP contribution in [0.25, 0.3) is 11.0 Å². The average molecular weight is 445 g/mol. The summed E-state index contributed by atoms with van der Waals surface area (Å²) in [5.41, 5.74) is 1.79. The van der Waals surface area contributed by atoms with Crippen molar-refractivity contribution in [2.75, 3.05) is 5.75 Å². The predicted molar refractivity (Wildman–Crippen MR) is 127 cm³/mol. The van der Waals surface area contributed by atoms with Gasteiger partial charge in [-0.05, 0) is 72.9 Å². The highest BCUT2D eigenvalue weighted by Crippen LogP contribution is 2.27. The molecule has 0 saturated carbocycles. The number of fused-ring (bicyclic) bond motifs is 1. The second kappa shape index (κ2) is 10.1. The fourth-order valence-electron chi connectivity index (χ4n) is 4.82. The summed E-state index contributed by atoms with van der Waals surface area (Å²) in [6.45, 7) is 12.7. The van der Waals surface area contributed by atoms with Crippen LogP contribution in [0.15, 0.2) is 29.4 Å². The monoisotopic (exact) mass is 444 g/mol. The van der Waals surface area contributed by atoms with Crippen LogP contribution in [-0.4, -0.2) is 61.1 Å². The number of thioether (sulfide) groups is 1. The van der Waals surface area contributed by atoms with E-state index in [1.807, 2.05) is 66.3 Å². The number of para-hydroxylation sites is 2. The Morgan fingerprint density at radius 2 is 1.71 bits per heavy atom. The number of imidazole rings is 1. The summed E-state index contributed by atoms with van der Waals surface area (Å²) in [7, 11) is 0. The summed E-state index contributed by atoms with van der Waals surface area (Å²) in [5.74, 6) is 0.532. The molecule has 7 heteroatoms. The molecule has 0 spiro atoms. The minimum absolute atomic E-state index is 0.0956. The third-order valence-electron chi connectivity index (χ3n) is 6.12. The van der Waals surface area contributed by atoms with Crippen LogP contribution in [0.2, 0.25) is 0 Å². The Hall–Kier alpha value is -2.02. The van der Waals surface area contributed by atoms with Crippen LogP contribution in [0.5, 0.6) is 0 Å². The molecule has 0 N–H and O–H groups in total. The number of rotatable bonds is 7. The molecule has 1 aliphatic heterocycles. The molecule has 170 valence electrons. The first-order valence-electron chi connectivity index (χ1n) is 11.4. The summed E-state index contributed by atoms with van der Waals surface area (Å²) in [6, 6.07) is 8.70. The molecule has 0 bridgehead atoms. The lowest BCUT2D eigenvalue weighted by Gasteiger charge is -2.39. The fourth-order valence-corrected chi connectivity index (χ4v) is 5.70. The van der Waals surface area contributed by atoms with Gasteiger partial charge in [0.2, 0.25) is 11.8 Å². The van der Waals surface area contributed by atoms with Crippen molar-refractivity contribution in [1.82, 2.24) is 19.4 Å². The number of nitrogens with zero attached hydrogens (tertiary/aromatic N) is 4. The second-order valence-corrected chi connectivity index (χ2v) is 10.1. The summed E-state index contributed by atoms with van der Waals surface area (Å²) in [5, 5.41) is 0.729. The van der Waals surface area contributed by atoms with Crippen molar-refractivity contribution >= 4 is 34.6 Å². The third-order valence-corrected chi connectivity index (χ3v) is 7.08. The number of amides is 2. The van der Waals surface area contributed by atoms with Gasteiger partial charge in [0.05, 0.1) is 16.8 Å².